The predicted molar refractivity (Wildman–Crippen MR) is 216 cm³/mol. The number of benzene rings is 2. The van der Waals surface area contributed by atoms with E-state index < -0.39 is 16.6 Å². The Bertz CT molecular complexity index is 1300. The third-order valence-corrected chi connectivity index (χ3v) is 25.6. The lowest BCUT2D eigenvalue weighted by Gasteiger charge is -2.57. The van der Waals surface area contributed by atoms with E-state index in [1.165, 1.54) is 29.6 Å². The van der Waals surface area contributed by atoms with E-state index in [2.05, 4.69) is 170 Å². The van der Waals surface area contributed by atoms with Crippen molar-refractivity contribution in [1.29, 1.82) is 0 Å². The van der Waals surface area contributed by atoms with E-state index in [0.717, 1.165) is 12.5 Å². The number of allylic oxidation sites excluding steroid dienone is 1. The second-order valence-corrected chi connectivity index (χ2v) is 28.3. The molecule has 0 spiro atoms. The van der Waals surface area contributed by atoms with Gasteiger partial charge in [-0.3, -0.25) is 0 Å². The first-order valence-corrected chi connectivity index (χ1v) is 24.1. The quantitative estimate of drug-likeness (QED) is 0.167. The first-order chi connectivity index (χ1) is 22.1. The average molecular weight is 785 g/mol. The van der Waals surface area contributed by atoms with Crippen LogP contribution in [0.15, 0.2) is 70.3 Å². The summed E-state index contributed by atoms with van der Waals surface area (Å²) in [6.07, 6.45) is 4.21. The van der Waals surface area contributed by atoms with Crippen molar-refractivity contribution in [2.45, 2.75) is 130 Å². The molecule has 2 aromatic carbocycles. The summed E-state index contributed by atoms with van der Waals surface area (Å²) >= 11 is 2.52. The van der Waals surface area contributed by atoms with Gasteiger partial charge in [0.2, 0.25) is 8.32 Å². The van der Waals surface area contributed by atoms with Crippen molar-refractivity contribution in [1.82, 2.24) is 0 Å². The van der Waals surface area contributed by atoms with Crippen LogP contribution in [0.4, 0.5) is 0 Å². The molecule has 47 heavy (non-hydrogen) atoms. The molecule has 0 amide bonds. The summed E-state index contributed by atoms with van der Waals surface area (Å²) in [7, 11) is -4.68. The largest absolute Gasteiger partial charge is 0.413 e. The molecule has 0 aromatic heterocycles. The van der Waals surface area contributed by atoms with Crippen LogP contribution in [-0.2, 0) is 8.85 Å². The molecule has 0 heterocycles. The molecule has 0 aliphatic heterocycles. The molecule has 2 aromatic rings. The van der Waals surface area contributed by atoms with E-state index in [-0.39, 0.29) is 5.04 Å². The Morgan fingerprint density at radius 3 is 1.83 bits per heavy atom. The van der Waals surface area contributed by atoms with Gasteiger partial charge >= 0.3 is 0 Å². The minimum atomic E-state index is -2.66. The zero-order valence-corrected chi connectivity index (χ0v) is 35.8. The molecule has 5 heteroatoms. The maximum absolute atomic E-state index is 7.87. The first-order valence-electron chi connectivity index (χ1n) is 18.8. The van der Waals surface area contributed by atoms with E-state index in [9.17, 15) is 0 Å². The molecular weight excluding hydrogens is 720 g/mol. The van der Waals surface area contributed by atoms with E-state index in [4.69, 9.17) is 8.85 Å². The number of halogens is 1. The predicted octanol–water partition coefficient (Wildman–Crippen LogP) is 11.4. The van der Waals surface area contributed by atoms with Crippen molar-refractivity contribution in [3.63, 3.8) is 0 Å². The molecule has 260 valence electrons. The molecule has 8 atom stereocenters. The minimum absolute atomic E-state index is 0.0275. The smallest absolute Gasteiger partial charge is 0.261 e. The van der Waals surface area contributed by atoms with Crippen LogP contribution in [0.25, 0.3) is 0 Å². The van der Waals surface area contributed by atoms with Crippen LogP contribution < -0.4 is 10.4 Å². The summed E-state index contributed by atoms with van der Waals surface area (Å²) in [5.41, 5.74) is 3.72. The summed E-state index contributed by atoms with van der Waals surface area (Å²) in [6, 6.07) is 22.6. The lowest BCUT2D eigenvalue weighted by atomic mass is 9.54. The molecule has 0 saturated heterocycles. The Hall–Kier alpha value is -0.736. The zero-order chi connectivity index (χ0) is 34.5. The molecule has 3 saturated carbocycles. The van der Waals surface area contributed by atoms with Gasteiger partial charge in [0.15, 0.2) is 0 Å². The molecule has 2 nitrogen and oxygen atoms in total. The van der Waals surface area contributed by atoms with Gasteiger partial charge in [0.25, 0.3) is 8.32 Å². The summed E-state index contributed by atoms with van der Waals surface area (Å²) in [6.45, 7) is 30.5. The van der Waals surface area contributed by atoms with Crippen molar-refractivity contribution in [3.05, 3.63) is 70.3 Å². The fourth-order valence-corrected chi connectivity index (χ4v) is 22.3. The van der Waals surface area contributed by atoms with Crippen LogP contribution in [0.2, 0.25) is 21.7 Å². The van der Waals surface area contributed by atoms with E-state index in [1.54, 1.807) is 5.57 Å². The van der Waals surface area contributed by atoms with Crippen LogP contribution in [-0.4, -0.2) is 29.3 Å². The van der Waals surface area contributed by atoms with Gasteiger partial charge in [-0.05, 0) is 103 Å². The fourth-order valence-electron chi connectivity index (χ4n) is 11.7. The van der Waals surface area contributed by atoms with Crippen LogP contribution in [0, 0.1) is 40.9 Å². The lowest BCUT2D eigenvalue weighted by Crippen LogP contribution is -2.67. The number of rotatable bonds is 11. The van der Waals surface area contributed by atoms with E-state index in [1.807, 2.05) is 0 Å². The topological polar surface area (TPSA) is 18.5 Å². The molecule has 0 unspecified atom stereocenters. The van der Waals surface area contributed by atoms with Crippen LogP contribution in [0.5, 0.6) is 0 Å². The molecule has 3 aliphatic rings. The number of fused-ring (bicyclic) bond motifs is 3. The maximum atomic E-state index is 7.87. The van der Waals surface area contributed by atoms with Crippen molar-refractivity contribution in [2.75, 3.05) is 6.61 Å². The third kappa shape index (κ3) is 6.38. The zero-order valence-electron chi connectivity index (χ0n) is 31.6. The highest BCUT2D eigenvalue weighted by Gasteiger charge is 2.69. The SMILES string of the molecule is C/C(=C\I)[C@H]1[C@@H](CO[Si](c2ccccc2)(c2ccccc2)C(C)(C)C)[C@H]2[C@H]([C@@H](O[Si](C(C)C)(C(C)C)C(C)C)CC[C@@H]2C)[C@H]2C[C@]21C. The third-order valence-electron chi connectivity index (χ3n) is 13.5. The monoisotopic (exact) mass is 784 g/mol. The molecule has 0 N–H and O–H groups in total. The van der Waals surface area contributed by atoms with Crippen LogP contribution in [0.3, 0.4) is 0 Å². The van der Waals surface area contributed by atoms with Gasteiger partial charge in [-0.25, -0.2) is 0 Å². The molecule has 0 bridgehead atoms. The van der Waals surface area contributed by atoms with Crippen LogP contribution in [0.1, 0.15) is 102 Å². The number of hydrogen-bond donors (Lipinski definition) is 0. The molecular formula is C42H65IO2Si2. The maximum Gasteiger partial charge on any atom is 0.261 e. The molecule has 5 rings (SSSR count). The Morgan fingerprint density at radius 2 is 1.38 bits per heavy atom. The van der Waals surface area contributed by atoms with Gasteiger partial charge in [0, 0.05) is 12.7 Å². The van der Waals surface area contributed by atoms with Crippen molar-refractivity contribution in [2.24, 2.45) is 40.9 Å². The first kappa shape index (κ1) is 37.5. The average Bonchev–Trinajstić information content (AvgIpc) is 3.72. The van der Waals surface area contributed by atoms with Gasteiger partial charge < -0.3 is 8.85 Å². The Kier molecular flexibility index (Phi) is 11.3. The van der Waals surface area contributed by atoms with E-state index >= 15 is 0 Å². The van der Waals surface area contributed by atoms with Crippen LogP contribution >= 0.6 is 22.6 Å². The minimum Gasteiger partial charge on any atom is -0.413 e. The Balaban J connectivity index is 1.61. The van der Waals surface area contributed by atoms with Gasteiger partial charge in [0.05, 0.1) is 0 Å². The van der Waals surface area contributed by atoms with Gasteiger partial charge in [0.1, 0.15) is 0 Å². The second kappa shape index (κ2) is 14.1. The molecule has 3 aliphatic carbocycles. The van der Waals surface area contributed by atoms with Gasteiger partial charge in [-0.2, -0.15) is 0 Å². The summed E-state index contributed by atoms with van der Waals surface area (Å²) in [5, 5.41) is 2.75. The highest BCUT2D eigenvalue weighted by atomic mass is 127. The second-order valence-electron chi connectivity index (χ2n) is 18.0. The highest BCUT2D eigenvalue weighted by Crippen LogP contribution is 2.73. The van der Waals surface area contributed by atoms with Gasteiger partial charge in [-0.15, -0.1) is 0 Å². The molecule has 0 radical (unpaired) electrons. The fraction of sp³-hybridized carbons (Fsp3) is 0.667. The number of hydrogen-bond acceptors (Lipinski definition) is 2. The Labute approximate surface area is 304 Å². The normalized spacial score (nSPS) is 31.7. The van der Waals surface area contributed by atoms with Crippen molar-refractivity contribution < 1.29 is 8.85 Å². The summed E-state index contributed by atoms with van der Waals surface area (Å²) < 4.78 is 18.1. The van der Waals surface area contributed by atoms with E-state index in [0.29, 0.717) is 57.7 Å². The molecule has 3 fully saturated rings. The Morgan fingerprint density at radius 1 is 0.872 bits per heavy atom. The standard InChI is InChI=1S/C42H65IO2Si2/c1-28(2)46(29(3)4,30(5)6)45-37-24-23-31(7)38-35(40(32(8)26-43)42(12)25-36(42)39(37)38)27-44-47(41(9,10)11,33-19-15-13-16-20-33)34-21-17-14-18-22-34/h13-22,26,28-31,35-40H,23-25,27H2,1-12H3/b32-26+/t31-,35-,36+,37-,38-,39-,40-,42+/m0/s1. The van der Waals surface area contributed by atoms with Gasteiger partial charge in [-0.1, -0.05) is 165 Å². The highest BCUT2D eigenvalue weighted by molar-refractivity contribution is 14.1. The van der Waals surface area contributed by atoms with Crippen molar-refractivity contribution >= 4 is 49.6 Å². The summed E-state index contributed by atoms with van der Waals surface area (Å²) in [4.78, 5) is 0. The summed E-state index contributed by atoms with van der Waals surface area (Å²) in [5.74, 6) is 3.69. The van der Waals surface area contributed by atoms with Crippen molar-refractivity contribution in [3.8, 4) is 0 Å². The lowest BCUT2D eigenvalue weighted by molar-refractivity contribution is -0.0845.